The lowest BCUT2D eigenvalue weighted by molar-refractivity contribution is 0.613. The van der Waals surface area contributed by atoms with Crippen molar-refractivity contribution in [3.8, 4) is 0 Å². The highest BCUT2D eigenvalue weighted by Gasteiger charge is 2.17. The lowest BCUT2D eigenvalue weighted by Crippen LogP contribution is -2.21. The van der Waals surface area contributed by atoms with Crippen molar-refractivity contribution in [2.24, 2.45) is 0 Å². The van der Waals surface area contributed by atoms with Crippen LogP contribution in [-0.2, 0) is 0 Å². The molecule has 0 fully saturated rings. The predicted octanol–water partition coefficient (Wildman–Crippen LogP) is 5.36. The van der Waals surface area contributed by atoms with Crippen LogP contribution in [0.3, 0.4) is 0 Å². The van der Waals surface area contributed by atoms with Crippen molar-refractivity contribution in [3.63, 3.8) is 0 Å². The molecule has 2 heterocycles. The van der Waals surface area contributed by atoms with E-state index in [1.54, 1.807) is 0 Å². The van der Waals surface area contributed by atoms with E-state index in [1.165, 1.54) is 24.7 Å². The average molecular weight is 301 g/mol. The normalized spacial score (nSPS) is 12.9. The maximum atomic E-state index is 3.70. The van der Waals surface area contributed by atoms with Gasteiger partial charge in [-0.1, -0.05) is 25.1 Å². The van der Waals surface area contributed by atoms with Gasteiger partial charge in [0.15, 0.2) is 0 Å². The third-order valence-electron chi connectivity index (χ3n) is 3.37. The first-order chi connectivity index (χ1) is 9.78. The summed E-state index contributed by atoms with van der Waals surface area (Å²) in [5, 5.41) is 5.05. The van der Waals surface area contributed by atoms with Crippen LogP contribution in [0.5, 0.6) is 0 Å². The quantitative estimate of drug-likeness (QED) is 0.669. The fraction of sp³-hybridized carbons (Fsp3) is 0.294. The fourth-order valence-corrected chi connectivity index (χ4v) is 4.59. The molecule has 0 aliphatic rings. The molecule has 0 saturated carbocycles. The van der Waals surface area contributed by atoms with Gasteiger partial charge in [-0.05, 0) is 49.5 Å². The Morgan fingerprint density at radius 1 is 1.05 bits per heavy atom. The van der Waals surface area contributed by atoms with Gasteiger partial charge >= 0.3 is 0 Å². The van der Waals surface area contributed by atoms with Crippen LogP contribution in [0.1, 0.15) is 34.0 Å². The van der Waals surface area contributed by atoms with E-state index in [1.807, 2.05) is 22.7 Å². The molecule has 20 heavy (non-hydrogen) atoms. The Morgan fingerprint density at radius 2 is 1.90 bits per heavy atom. The molecule has 0 aliphatic heterocycles. The molecule has 2 aromatic heterocycles. The van der Waals surface area contributed by atoms with Crippen LogP contribution in [0.4, 0.5) is 0 Å². The van der Waals surface area contributed by atoms with E-state index < -0.39 is 0 Å². The number of hydrogen-bond donors (Lipinski definition) is 1. The zero-order valence-corrected chi connectivity index (χ0v) is 13.5. The Bertz CT molecular complexity index is 663. The number of fused-ring (bicyclic) bond motifs is 1. The van der Waals surface area contributed by atoms with E-state index >= 15 is 0 Å². The summed E-state index contributed by atoms with van der Waals surface area (Å²) in [6.07, 6.45) is 1.16. The summed E-state index contributed by atoms with van der Waals surface area (Å²) in [6.45, 7) is 5.44. The number of aryl methyl sites for hydroxylation is 1. The first-order valence-corrected chi connectivity index (χ1v) is 8.69. The third-order valence-corrected chi connectivity index (χ3v) is 5.62. The lowest BCUT2D eigenvalue weighted by atomic mass is 10.1. The molecule has 0 radical (unpaired) electrons. The summed E-state index contributed by atoms with van der Waals surface area (Å²) in [4.78, 5) is 4.22. The van der Waals surface area contributed by atoms with E-state index in [2.05, 4.69) is 61.6 Å². The van der Waals surface area contributed by atoms with Crippen molar-refractivity contribution in [2.45, 2.75) is 26.3 Å². The summed E-state index contributed by atoms with van der Waals surface area (Å²) in [5.74, 6) is 0. The van der Waals surface area contributed by atoms with Crippen molar-refractivity contribution in [1.29, 1.82) is 0 Å². The summed E-state index contributed by atoms with van der Waals surface area (Å²) in [5.41, 5.74) is 0. The standard InChI is InChI=1S/C17H19NS2/c1-3-10-18-17(15-9-8-12(2)19-15)16-11-13-6-4-5-7-14(13)20-16/h4-9,11,17-18H,3,10H2,1-2H3. The molecule has 1 atom stereocenters. The molecule has 0 aliphatic carbocycles. The largest absolute Gasteiger partial charge is 0.305 e. The molecule has 0 bridgehead atoms. The average Bonchev–Trinajstić information content (AvgIpc) is 3.05. The highest BCUT2D eigenvalue weighted by atomic mass is 32.1. The Morgan fingerprint density at radius 3 is 2.60 bits per heavy atom. The molecule has 3 aromatic rings. The topological polar surface area (TPSA) is 12.0 Å². The second-order valence-corrected chi connectivity index (χ2v) is 7.46. The molecule has 104 valence electrons. The maximum absolute atomic E-state index is 3.70. The van der Waals surface area contributed by atoms with E-state index in [-0.39, 0.29) is 0 Å². The number of rotatable bonds is 5. The zero-order valence-electron chi connectivity index (χ0n) is 11.8. The van der Waals surface area contributed by atoms with Crippen molar-refractivity contribution in [1.82, 2.24) is 5.32 Å². The van der Waals surface area contributed by atoms with Crippen molar-refractivity contribution >= 4 is 32.8 Å². The zero-order chi connectivity index (χ0) is 13.9. The van der Waals surface area contributed by atoms with Gasteiger partial charge in [-0.15, -0.1) is 22.7 Å². The van der Waals surface area contributed by atoms with E-state index in [0.717, 1.165) is 13.0 Å². The second kappa shape index (κ2) is 6.08. The van der Waals surface area contributed by atoms with Gasteiger partial charge in [0.1, 0.15) is 0 Å². The smallest absolute Gasteiger partial charge is 0.0765 e. The SMILES string of the molecule is CCCNC(c1ccc(C)s1)c1cc2ccccc2s1. The van der Waals surface area contributed by atoms with E-state index in [4.69, 9.17) is 0 Å². The maximum Gasteiger partial charge on any atom is 0.0765 e. The first kappa shape index (κ1) is 13.8. The van der Waals surface area contributed by atoms with Gasteiger partial charge in [0, 0.05) is 19.3 Å². The number of benzene rings is 1. The molecule has 1 aromatic carbocycles. The Hall–Kier alpha value is -1.16. The summed E-state index contributed by atoms with van der Waals surface area (Å²) >= 11 is 3.80. The Balaban J connectivity index is 1.99. The van der Waals surface area contributed by atoms with Crippen LogP contribution in [0.15, 0.2) is 42.5 Å². The summed E-state index contributed by atoms with van der Waals surface area (Å²) in [7, 11) is 0. The molecule has 3 rings (SSSR count). The van der Waals surface area contributed by atoms with Crippen LogP contribution >= 0.6 is 22.7 Å². The predicted molar refractivity (Wildman–Crippen MR) is 91.0 cm³/mol. The van der Waals surface area contributed by atoms with Gasteiger partial charge in [0.05, 0.1) is 6.04 Å². The van der Waals surface area contributed by atoms with Gasteiger partial charge in [-0.3, -0.25) is 0 Å². The minimum Gasteiger partial charge on any atom is -0.305 e. The molecular weight excluding hydrogens is 282 g/mol. The van der Waals surface area contributed by atoms with Gasteiger partial charge < -0.3 is 5.32 Å². The number of thiophene rings is 2. The minimum absolute atomic E-state index is 0.339. The molecule has 0 saturated heterocycles. The van der Waals surface area contributed by atoms with Crippen LogP contribution < -0.4 is 5.32 Å². The number of hydrogen-bond acceptors (Lipinski definition) is 3. The van der Waals surface area contributed by atoms with Crippen molar-refractivity contribution in [3.05, 3.63) is 57.1 Å². The minimum atomic E-state index is 0.339. The van der Waals surface area contributed by atoms with Gasteiger partial charge in [0.2, 0.25) is 0 Å². The van der Waals surface area contributed by atoms with E-state index in [9.17, 15) is 0 Å². The van der Waals surface area contributed by atoms with Crippen LogP contribution in [0.2, 0.25) is 0 Å². The molecule has 0 amide bonds. The molecule has 1 nitrogen and oxygen atoms in total. The highest BCUT2D eigenvalue weighted by Crippen LogP contribution is 2.35. The fourth-order valence-electron chi connectivity index (χ4n) is 2.38. The van der Waals surface area contributed by atoms with E-state index in [0.29, 0.717) is 6.04 Å². The van der Waals surface area contributed by atoms with Crippen LogP contribution in [0, 0.1) is 6.92 Å². The lowest BCUT2D eigenvalue weighted by Gasteiger charge is -2.15. The molecule has 1 unspecified atom stereocenters. The summed E-state index contributed by atoms with van der Waals surface area (Å²) < 4.78 is 1.37. The first-order valence-electron chi connectivity index (χ1n) is 7.06. The Kier molecular flexibility index (Phi) is 4.20. The second-order valence-electron chi connectivity index (χ2n) is 5.02. The highest BCUT2D eigenvalue weighted by molar-refractivity contribution is 7.19. The van der Waals surface area contributed by atoms with Crippen molar-refractivity contribution < 1.29 is 0 Å². The van der Waals surface area contributed by atoms with Crippen LogP contribution in [0.25, 0.3) is 10.1 Å². The number of nitrogens with one attached hydrogen (secondary N) is 1. The van der Waals surface area contributed by atoms with Gasteiger partial charge in [-0.2, -0.15) is 0 Å². The molecule has 0 spiro atoms. The molecule has 3 heteroatoms. The molecular formula is C17H19NS2. The Labute approximate surface area is 128 Å². The van der Waals surface area contributed by atoms with Crippen molar-refractivity contribution in [2.75, 3.05) is 6.54 Å². The van der Waals surface area contributed by atoms with Gasteiger partial charge in [0.25, 0.3) is 0 Å². The molecule has 1 N–H and O–H groups in total. The third kappa shape index (κ3) is 2.80. The summed E-state index contributed by atoms with van der Waals surface area (Å²) in [6, 6.07) is 15.8. The van der Waals surface area contributed by atoms with Crippen LogP contribution in [-0.4, -0.2) is 6.54 Å². The monoisotopic (exact) mass is 301 g/mol. The van der Waals surface area contributed by atoms with Gasteiger partial charge in [-0.25, -0.2) is 0 Å².